The van der Waals surface area contributed by atoms with Crippen LogP contribution in [-0.2, 0) is 0 Å². The largest absolute Gasteiger partial charge is 0.314 e. The predicted octanol–water partition coefficient (Wildman–Crippen LogP) is 2.11. The molecule has 92 valence electrons. The van der Waals surface area contributed by atoms with Crippen LogP contribution >= 0.6 is 0 Å². The lowest BCUT2D eigenvalue weighted by Crippen LogP contribution is -2.41. The average Bonchev–Trinajstić information content (AvgIpc) is 2.27. The van der Waals surface area contributed by atoms with E-state index in [9.17, 15) is 0 Å². The van der Waals surface area contributed by atoms with Crippen molar-refractivity contribution in [1.82, 2.24) is 10.2 Å². The number of nitrogens with zero attached hydrogens (tertiary/aromatic N) is 1. The fourth-order valence-corrected chi connectivity index (χ4v) is 2.26. The van der Waals surface area contributed by atoms with Crippen molar-refractivity contribution < 1.29 is 0 Å². The number of rotatable bonds is 5. The van der Waals surface area contributed by atoms with Gasteiger partial charge in [-0.1, -0.05) is 13.8 Å². The first-order valence-corrected chi connectivity index (χ1v) is 6.57. The van der Waals surface area contributed by atoms with Gasteiger partial charge in [-0.05, 0) is 38.8 Å². The SMILES string of the molecule is CC#CCCN1CCCC(CNC(C)C)C1. The Morgan fingerprint density at radius 2 is 2.25 bits per heavy atom. The molecule has 1 rings (SSSR count). The molecule has 0 aromatic heterocycles. The van der Waals surface area contributed by atoms with Crippen LogP contribution in [0.25, 0.3) is 0 Å². The van der Waals surface area contributed by atoms with E-state index in [4.69, 9.17) is 0 Å². The van der Waals surface area contributed by atoms with Gasteiger partial charge in [-0.25, -0.2) is 0 Å². The van der Waals surface area contributed by atoms with Gasteiger partial charge in [0.05, 0.1) is 0 Å². The normalized spacial score (nSPS) is 21.9. The second-order valence-electron chi connectivity index (χ2n) is 5.05. The van der Waals surface area contributed by atoms with Gasteiger partial charge in [0.2, 0.25) is 0 Å². The van der Waals surface area contributed by atoms with Crippen molar-refractivity contribution in [2.45, 2.75) is 46.1 Å². The molecule has 1 fully saturated rings. The Bertz CT molecular complexity index is 237. The van der Waals surface area contributed by atoms with Crippen molar-refractivity contribution in [1.29, 1.82) is 0 Å². The molecule has 2 heteroatoms. The second kappa shape index (κ2) is 7.70. The summed E-state index contributed by atoms with van der Waals surface area (Å²) in [5.41, 5.74) is 0. The van der Waals surface area contributed by atoms with Gasteiger partial charge >= 0.3 is 0 Å². The first-order valence-electron chi connectivity index (χ1n) is 6.57. The third-order valence-corrected chi connectivity index (χ3v) is 3.15. The minimum absolute atomic E-state index is 0.612. The molecule has 1 aliphatic heterocycles. The molecule has 0 amide bonds. The lowest BCUT2D eigenvalue weighted by atomic mass is 9.97. The molecular formula is C14H26N2. The highest BCUT2D eigenvalue weighted by Gasteiger charge is 2.18. The van der Waals surface area contributed by atoms with Gasteiger partial charge in [0.15, 0.2) is 0 Å². The van der Waals surface area contributed by atoms with Gasteiger partial charge in [0.1, 0.15) is 0 Å². The molecule has 0 aromatic rings. The minimum Gasteiger partial charge on any atom is -0.314 e. The summed E-state index contributed by atoms with van der Waals surface area (Å²) >= 11 is 0. The molecule has 1 heterocycles. The Labute approximate surface area is 101 Å². The highest BCUT2D eigenvalue weighted by molar-refractivity contribution is 4.95. The van der Waals surface area contributed by atoms with Crippen LogP contribution in [0.15, 0.2) is 0 Å². The molecule has 0 aliphatic carbocycles. The van der Waals surface area contributed by atoms with Gasteiger partial charge in [-0.3, -0.25) is 0 Å². The van der Waals surface area contributed by atoms with E-state index in [1.807, 2.05) is 6.92 Å². The summed E-state index contributed by atoms with van der Waals surface area (Å²) in [6, 6.07) is 0.612. The van der Waals surface area contributed by atoms with Gasteiger partial charge in [0.25, 0.3) is 0 Å². The number of hydrogen-bond donors (Lipinski definition) is 1. The van der Waals surface area contributed by atoms with Crippen LogP contribution in [0.4, 0.5) is 0 Å². The molecule has 0 bridgehead atoms. The Morgan fingerprint density at radius 3 is 2.94 bits per heavy atom. The van der Waals surface area contributed by atoms with Crippen LogP contribution < -0.4 is 5.32 Å². The van der Waals surface area contributed by atoms with Crippen molar-refractivity contribution in [3.8, 4) is 11.8 Å². The zero-order valence-electron chi connectivity index (χ0n) is 11.1. The Balaban J connectivity index is 2.20. The lowest BCUT2D eigenvalue weighted by Gasteiger charge is -2.32. The summed E-state index contributed by atoms with van der Waals surface area (Å²) in [6.45, 7) is 11.2. The van der Waals surface area contributed by atoms with E-state index in [0.717, 1.165) is 18.9 Å². The summed E-state index contributed by atoms with van der Waals surface area (Å²) in [5.74, 6) is 6.96. The predicted molar refractivity (Wildman–Crippen MR) is 70.4 cm³/mol. The van der Waals surface area contributed by atoms with Crippen LogP contribution in [0.5, 0.6) is 0 Å². The summed E-state index contributed by atoms with van der Waals surface area (Å²) in [4.78, 5) is 2.57. The summed E-state index contributed by atoms with van der Waals surface area (Å²) < 4.78 is 0. The quantitative estimate of drug-likeness (QED) is 0.717. The van der Waals surface area contributed by atoms with Gasteiger partial charge in [0, 0.05) is 25.6 Å². The molecule has 16 heavy (non-hydrogen) atoms. The minimum atomic E-state index is 0.612. The van der Waals surface area contributed by atoms with E-state index in [1.165, 1.54) is 32.5 Å². The maximum atomic E-state index is 3.55. The molecule has 1 N–H and O–H groups in total. The van der Waals surface area contributed by atoms with Gasteiger partial charge < -0.3 is 10.2 Å². The highest BCUT2D eigenvalue weighted by Crippen LogP contribution is 2.15. The van der Waals surface area contributed by atoms with Crippen molar-refractivity contribution in [2.24, 2.45) is 5.92 Å². The van der Waals surface area contributed by atoms with E-state index < -0.39 is 0 Å². The average molecular weight is 222 g/mol. The fraction of sp³-hybridized carbons (Fsp3) is 0.857. The van der Waals surface area contributed by atoms with Crippen molar-refractivity contribution in [2.75, 3.05) is 26.2 Å². The fourth-order valence-electron chi connectivity index (χ4n) is 2.26. The number of piperidine rings is 1. The Hall–Kier alpha value is -0.520. The smallest absolute Gasteiger partial charge is 0.0216 e. The maximum Gasteiger partial charge on any atom is 0.0216 e. The number of hydrogen-bond acceptors (Lipinski definition) is 2. The third-order valence-electron chi connectivity index (χ3n) is 3.15. The molecule has 1 saturated heterocycles. The standard InChI is InChI=1S/C14H26N2/c1-4-5-6-9-16-10-7-8-14(12-16)11-15-13(2)3/h13-15H,6-12H2,1-3H3. The third kappa shape index (κ3) is 5.53. The van der Waals surface area contributed by atoms with E-state index in [-0.39, 0.29) is 0 Å². The van der Waals surface area contributed by atoms with Gasteiger partial charge in [-0.2, -0.15) is 0 Å². The molecule has 1 atom stereocenters. The van der Waals surface area contributed by atoms with Crippen molar-refractivity contribution in [3.05, 3.63) is 0 Å². The van der Waals surface area contributed by atoms with Crippen LogP contribution in [0.2, 0.25) is 0 Å². The number of nitrogens with one attached hydrogen (secondary N) is 1. The number of likely N-dealkylation sites (tertiary alicyclic amines) is 1. The maximum absolute atomic E-state index is 3.55. The van der Waals surface area contributed by atoms with Gasteiger partial charge in [-0.15, -0.1) is 11.8 Å². The molecule has 0 aromatic carbocycles. The molecule has 0 spiro atoms. The summed E-state index contributed by atoms with van der Waals surface area (Å²) in [7, 11) is 0. The molecule has 2 nitrogen and oxygen atoms in total. The van der Waals surface area contributed by atoms with E-state index in [1.54, 1.807) is 0 Å². The summed E-state index contributed by atoms with van der Waals surface area (Å²) in [6.07, 6.45) is 3.76. The Kier molecular flexibility index (Phi) is 6.52. The van der Waals surface area contributed by atoms with E-state index in [0.29, 0.717) is 6.04 Å². The highest BCUT2D eigenvalue weighted by atomic mass is 15.1. The molecule has 1 aliphatic rings. The molecular weight excluding hydrogens is 196 g/mol. The monoisotopic (exact) mass is 222 g/mol. The lowest BCUT2D eigenvalue weighted by molar-refractivity contribution is 0.174. The molecule has 1 unspecified atom stereocenters. The van der Waals surface area contributed by atoms with Crippen molar-refractivity contribution in [3.63, 3.8) is 0 Å². The zero-order valence-corrected chi connectivity index (χ0v) is 11.1. The second-order valence-corrected chi connectivity index (χ2v) is 5.05. The van der Waals surface area contributed by atoms with Crippen LogP contribution in [0.3, 0.4) is 0 Å². The van der Waals surface area contributed by atoms with E-state index in [2.05, 4.69) is 35.9 Å². The molecule has 0 saturated carbocycles. The van der Waals surface area contributed by atoms with E-state index >= 15 is 0 Å². The first kappa shape index (κ1) is 13.5. The zero-order chi connectivity index (χ0) is 11.8. The first-order chi connectivity index (χ1) is 7.72. The summed E-state index contributed by atoms with van der Waals surface area (Å²) in [5, 5.41) is 3.55. The molecule has 0 radical (unpaired) electrons. The Morgan fingerprint density at radius 1 is 1.44 bits per heavy atom. The van der Waals surface area contributed by atoms with Crippen molar-refractivity contribution >= 4 is 0 Å². The van der Waals surface area contributed by atoms with Crippen LogP contribution in [0.1, 0.15) is 40.0 Å². The van der Waals surface area contributed by atoms with Crippen LogP contribution in [-0.4, -0.2) is 37.1 Å². The topological polar surface area (TPSA) is 15.3 Å². The van der Waals surface area contributed by atoms with Crippen LogP contribution in [0, 0.1) is 17.8 Å².